The summed E-state index contributed by atoms with van der Waals surface area (Å²) in [6, 6.07) is 5.21. The molecule has 0 aliphatic heterocycles. The third-order valence-electron chi connectivity index (χ3n) is 3.64. The highest BCUT2D eigenvalue weighted by Gasteiger charge is 2.26. The number of rotatable bonds is 3. The van der Waals surface area contributed by atoms with Crippen LogP contribution in [0.1, 0.15) is 32.3 Å². The summed E-state index contributed by atoms with van der Waals surface area (Å²) in [5.41, 5.74) is 7.10. The topological polar surface area (TPSA) is 58.9 Å². The van der Waals surface area contributed by atoms with Gasteiger partial charge in [0.25, 0.3) is 0 Å². The zero-order chi connectivity index (χ0) is 13.3. The van der Waals surface area contributed by atoms with Crippen molar-refractivity contribution in [3.63, 3.8) is 0 Å². The first-order valence-electron chi connectivity index (χ1n) is 6.12. The molecular formula is C14H17ClN2O. The number of aromatic amines is 1. The van der Waals surface area contributed by atoms with E-state index in [4.69, 9.17) is 17.3 Å². The Morgan fingerprint density at radius 2 is 2.00 bits per heavy atom. The Morgan fingerprint density at radius 1 is 1.33 bits per heavy atom. The molecule has 0 spiro atoms. The molecule has 0 bridgehead atoms. The second-order valence-electron chi connectivity index (χ2n) is 4.58. The Hall–Kier alpha value is -1.32. The maximum Gasteiger partial charge on any atom is 0.194 e. The molecule has 0 radical (unpaired) electrons. The number of nitrogens with one attached hydrogen (secondary N) is 1. The maximum atomic E-state index is 12.5. The van der Waals surface area contributed by atoms with Crippen molar-refractivity contribution in [3.8, 4) is 0 Å². The predicted octanol–water partition coefficient (Wildman–Crippen LogP) is 3.16. The number of nitrogens with two attached hydrogens (primary N) is 1. The molecule has 0 aliphatic rings. The van der Waals surface area contributed by atoms with Crippen molar-refractivity contribution < 1.29 is 0 Å². The quantitative estimate of drug-likeness (QED) is 0.895. The van der Waals surface area contributed by atoms with Gasteiger partial charge in [-0.2, -0.15) is 0 Å². The number of hydrogen-bond acceptors (Lipinski definition) is 2. The van der Waals surface area contributed by atoms with Crippen LogP contribution in [0, 0.1) is 0 Å². The van der Waals surface area contributed by atoms with Gasteiger partial charge in [0.2, 0.25) is 0 Å². The Kier molecular flexibility index (Phi) is 3.46. The van der Waals surface area contributed by atoms with E-state index < -0.39 is 5.54 Å². The number of H-pyrrole nitrogens is 1. The van der Waals surface area contributed by atoms with Gasteiger partial charge in [-0.05, 0) is 31.0 Å². The lowest BCUT2D eigenvalue weighted by molar-refractivity contribution is 0.409. The lowest BCUT2D eigenvalue weighted by atomic mass is 9.86. The predicted molar refractivity (Wildman–Crippen MR) is 76.0 cm³/mol. The van der Waals surface area contributed by atoms with E-state index in [0.717, 1.165) is 18.4 Å². The molecule has 4 heteroatoms. The average Bonchev–Trinajstić information content (AvgIpc) is 2.38. The number of aromatic nitrogens is 1. The van der Waals surface area contributed by atoms with Gasteiger partial charge < -0.3 is 10.7 Å². The standard InChI is InChI=1S/C14H17ClN2O/c1-3-14(16,4-2)11-8-17-12-7-9(15)5-6-10(12)13(11)18/h5-8H,3-4,16H2,1-2H3,(H,17,18). The van der Waals surface area contributed by atoms with Crippen LogP contribution in [0.25, 0.3) is 10.9 Å². The van der Waals surface area contributed by atoms with Gasteiger partial charge >= 0.3 is 0 Å². The van der Waals surface area contributed by atoms with Gasteiger partial charge in [0, 0.05) is 27.7 Å². The Balaban J connectivity index is 2.73. The maximum absolute atomic E-state index is 12.5. The van der Waals surface area contributed by atoms with Crippen molar-refractivity contribution in [1.29, 1.82) is 0 Å². The minimum atomic E-state index is -0.568. The van der Waals surface area contributed by atoms with Gasteiger partial charge in [0.15, 0.2) is 5.43 Å². The number of pyridine rings is 1. The van der Waals surface area contributed by atoms with Crippen LogP contribution in [0.5, 0.6) is 0 Å². The zero-order valence-electron chi connectivity index (χ0n) is 10.6. The Labute approximate surface area is 111 Å². The van der Waals surface area contributed by atoms with Crippen molar-refractivity contribution in [3.05, 3.63) is 45.2 Å². The van der Waals surface area contributed by atoms with Crippen molar-refractivity contribution in [1.82, 2.24) is 4.98 Å². The summed E-state index contributed by atoms with van der Waals surface area (Å²) >= 11 is 5.91. The van der Waals surface area contributed by atoms with Crippen LogP contribution in [0.15, 0.2) is 29.2 Å². The molecule has 0 amide bonds. The second-order valence-corrected chi connectivity index (χ2v) is 5.02. The molecule has 3 nitrogen and oxygen atoms in total. The summed E-state index contributed by atoms with van der Waals surface area (Å²) in [5.74, 6) is 0. The molecule has 1 aromatic carbocycles. The van der Waals surface area contributed by atoms with Crippen molar-refractivity contribution in [2.75, 3.05) is 0 Å². The molecule has 2 rings (SSSR count). The summed E-state index contributed by atoms with van der Waals surface area (Å²) < 4.78 is 0. The van der Waals surface area contributed by atoms with Crippen LogP contribution in [0.2, 0.25) is 5.02 Å². The van der Waals surface area contributed by atoms with Crippen molar-refractivity contribution in [2.45, 2.75) is 32.2 Å². The highest BCUT2D eigenvalue weighted by atomic mass is 35.5. The molecule has 0 fully saturated rings. The smallest absolute Gasteiger partial charge is 0.194 e. The largest absolute Gasteiger partial charge is 0.361 e. The van der Waals surface area contributed by atoms with E-state index in [0.29, 0.717) is 16.0 Å². The molecule has 2 aromatic rings. The number of hydrogen-bond donors (Lipinski definition) is 2. The fraction of sp³-hybridized carbons (Fsp3) is 0.357. The van der Waals surface area contributed by atoms with E-state index in [1.807, 2.05) is 13.8 Å². The molecular weight excluding hydrogens is 248 g/mol. The first kappa shape index (κ1) is 13.1. The fourth-order valence-corrected chi connectivity index (χ4v) is 2.37. The number of halogens is 1. The van der Waals surface area contributed by atoms with E-state index in [9.17, 15) is 4.79 Å². The molecule has 3 N–H and O–H groups in total. The molecule has 0 saturated heterocycles. The van der Waals surface area contributed by atoms with Gasteiger partial charge in [0.1, 0.15) is 0 Å². The molecule has 96 valence electrons. The summed E-state index contributed by atoms with van der Waals surface area (Å²) in [4.78, 5) is 15.6. The molecule has 0 saturated carbocycles. The zero-order valence-corrected chi connectivity index (χ0v) is 11.3. The molecule has 18 heavy (non-hydrogen) atoms. The third-order valence-corrected chi connectivity index (χ3v) is 3.88. The second kappa shape index (κ2) is 4.75. The molecule has 0 aliphatic carbocycles. The van der Waals surface area contributed by atoms with Gasteiger partial charge in [0.05, 0.1) is 5.52 Å². The number of benzene rings is 1. The first-order chi connectivity index (χ1) is 8.51. The fourth-order valence-electron chi connectivity index (χ4n) is 2.20. The highest BCUT2D eigenvalue weighted by Crippen LogP contribution is 2.24. The third kappa shape index (κ3) is 2.04. The van der Waals surface area contributed by atoms with Gasteiger partial charge in [-0.25, -0.2) is 0 Å². The van der Waals surface area contributed by atoms with Crippen molar-refractivity contribution in [2.24, 2.45) is 5.73 Å². The SMILES string of the molecule is CCC(N)(CC)c1c[nH]c2cc(Cl)ccc2c1=O. The van der Waals surface area contributed by atoms with Crippen LogP contribution < -0.4 is 11.2 Å². The van der Waals surface area contributed by atoms with Crippen LogP contribution in [-0.2, 0) is 5.54 Å². The van der Waals surface area contributed by atoms with Crippen LogP contribution >= 0.6 is 11.6 Å². The highest BCUT2D eigenvalue weighted by molar-refractivity contribution is 6.31. The summed E-state index contributed by atoms with van der Waals surface area (Å²) in [6.45, 7) is 3.99. The van der Waals surface area contributed by atoms with Crippen LogP contribution in [0.4, 0.5) is 0 Å². The van der Waals surface area contributed by atoms with Gasteiger partial charge in [-0.1, -0.05) is 25.4 Å². The normalized spacial score (nSPS) is 12.0. The van der Waals surface area contributed by atoms with E-state index >= 15 is 0 Å². The average molecular weight is 265 g/mol. The van der Waals surface area contributed by atoms with E-state index in [-0.39, 0.29) is 5.43 Å². The van der Waals surface area contributed by atoms with Crippen LogP contribution in [0.3, 0.4) is 0 Å². The summed E-state index contributed by atoms with van der Waals surface area (Å²) in [7, 11) is 0. The lowest BCUT2D eigenvalue weighted by Gasteiger charge is -2.26. The van der Waals surface area contributed by atoms with Crippen molar-refractivity contribution >= 4 is 22.5 Å². The molecule has 0 unspecified atom stereocenters. The van der Waals surface area contributed by atoms with E-state index in [1.165, 1.54) is 0 Å². The Morgan fingerprint density at radius 3 is 2.61 bits per heavy atom. The van der Waals surface area contributed by atoms with Gasteiger partial charge in [-0.3, -0.25) is 4.79 Å². The number of fused-ring (bicyclic) bond motifs is 1. The van der Waals surface area contributed by atoms with E-state index in [2.05, 4.69) is 4.98 Å². The lowest BCUT2D eigenvalue weighted by Crippen LogP contribution is -2.39. The molecule has 1 aromatic heterocycles. The minimum absolute atomic E-state index is 0.00776. The molecule has 1 heterocycles. The Bertz CT molecular complexity index is 629. The van der Waals surface area contributed by atoms with Crippen LogP contribution in [-0.4, -0.2) is 4.98 Å². The summed E-state index contributed by atoms with van der Waals surface area (Å²) in [6.07, 6.45) is 3.17. The monoisotopic (exact) mass is 264 g/mol. The summed E-state index contributed by atoms with van der Waals surface area (Å²) in [5, 5.41) is 1.24. The first-order valence-corrected chi connectivity index (χ1v) is 6.50. The minimum Gasteiger partial charge on any atom is -0.361 e. The molecule has 0 atom stereocenters. The van der Waals surface area contributed by atoms with Gasteiger partial charge in [-0.15, -0.1) is 0 Å². The van der Waals surface area contributed by atoms with E-state index in [1.54, 1.807) is 24.4 Å².